The van der Waals surface area contributed by atoms with E-state index in [1.54, 1.807) is 31.3 Å². The van der Waals surface area contributed by atoms with Gasteiger partial charge in [-0.05, 0) is 48.4 Å². The third-order valence-corrected chi connectivity index (χ3v) is 4.66. The molecule has 3 aromatic heterocycles. The number of anilines is 1. The molecule has 4 aromatic rings. The Morgan fingerprint density at radius 1 is 1.21 bits per heavy atom. The number of benzene rings is 1. The Morgan fingerprint density at radius 2 is 2.00 bits per heavy atom. The maximum atomic E-state index is 13.1. The number of carbonyl (C=O) groups is 1. The Bertz CT molecular complexity index is 1130. The highest BCUT2D eigenvalue weighted by atomic mass is 19.1. The molecule has 1 aromatic carbocycles. The number of aromatic nitrogens is 2. The summed E-state index contributed by atoms with van der Waals surface area (Å²) in [6, 6.07) is 13.1. The molecule has 4 rings (SSSR count). The van der Waals surface area contributed by atoms with Crippen molar-refractivity contribution < 1.29 is 18.3 Å². The molecule has 148 valence electrons. The van der Waals surface area contributed by atoms with E-state index < -0.39 is 0 Å². The second kappa shape index (κ2) is 7.79. The summed E-state index contributed by atoms with van der Waals surface area (Å²) < 4.78 is 26.1. The average molecular weight is 393 g/mol. The number of pyridine rings is 1. The fourth-order valence-electron chi connectivity index (χ4n) is 3.19. The van der Waals surface area contributed by atoms with Crippen LogP contribution in [0.3, 0.4) is 0 Å². The van der Waals surface area contributed by atoms with Crippen molar-refractivity contribution in [2.24, 2.45) is 0 Å². The van der Waals surface area contributed by atoms with Gasteiger partial charge in [-0.3, -0.25) is 14.1 Å². The molecule has 0 fully saturated rings. The third kappa shape index (κ3) is 3.59. The molecular weight excluding hydrogens is 373 g/mol. The monoisotopic (exact) mass is 393 g/mol. The molecule has 0 aliphatic rings. The maximum Gasteiger partial charge on any atom is 0.294 e. The van der Waals surface area contributed by atoms with Crippen LogP contribution in [0.4, 0.5) is 10.2 Å². The van der Waals surface area contributed by atoms with E-state index in [0.29, 0.717) is 23.6 Å². The largest absolute Gasteiger partial charge is 0.485 e. The third-order valence-electron chi connectivity index (χ3n) is 4.66. The highest BCUT2D eigenvalue weighted by molar-refractivity contribution is 6.03. The van der Waals surface area contributed by atoms with E-state index in [0.717, 1.165) is 11.3 Å². The van der Waals surface area contributed by atoms with E-state index in [2.05, 4.69) is 0 Å². The highest BCUT2D eigenvalue weighted by Crippen LogP contribution is 2.29. The quantitative estimate of drug-likeness (QED) is 0.484. The number of imidazole rings is 1. The Kier molecular flexibility index (Phi) is 5.03. The van der Waals surface area contributed by atoms with Crippen LogP contribution in [0.25, 0.3) is 5.65 Å². The first kappa shape index (κ1) is 18.7. The van der Waals surface area contributed by atoms with Gasteiger partial charge in [-0.15, -0.1) is 0 Å². The Morgan fingerprint density at radius 3 is 2.69 bits per heavy atom. The summed E-state index contributed by atoms with van der Waals surface area (Å²) in [5.41, 5.74) is 2.23. The molecule has 6 nitrogen and oxygen atoms in total. The molecule has 0 atom stereocenters. The first-order chi connectivity index (χ1) is 14.1. The number of nitrogens with zero attached hydrogens (tertiary/aromatic N) is 3. The molecule has 0 radical (unpaired) electrons. The molecule has 0 aliphatic heterocycles. The van der Waals surface area contributed by atoms with Crippen LogP contribution < -0.4 is 9.64 Å². The minimum Gasteiger partial charge on any atom is -0.485 e. The molecule has 0 N–H and O–H groups in total. The zero-order valence-corrected chi connectivity index (χ0v) is 16.1. The fraction of sp³-hybridized carbons (Fsp3) is 0.182. The standard InChI is InChI=1S/C22H20FN3O3/c1-3-17-21(25(2)22(27)19-7-5-13-28-19)26-12-4-6-18(20(26)24-17)29-14-15-8-10-16(23)11-9-15/h4-13H,3,14H2,1-2H3. The average Bonchev–Trinajstić information content (AvgIpc) is 3.40. The van der Waals surface area contributed by atoms with Crippen LogP contribution in [0.5, 0.6) is 5.75 Å². The number of amides is 1. The van der Waals surface area contributed by atoms with Gasteiger partial charge in [0.05, 0.1) is 12.0 Å². The molecule has 0 bridgehead atoms. The summed E-state index contributed by atoms with van der Waals surface area (Å²) in [6.07, 6.45) is 3.95. The fourth-order valence-corrected chi connectivity index (χ4v) is 3.19. The van der Waals surface area contributed by atoms with E-state index in [-0.39, 0.29) is 24.1 Å². The lowest BCUT2D eigenvalue weighted by Crippen LogP contribution is -2.28. The lowest BCUT2D eigenvalue weighted by Gasteiger charge is -2.17. The number of carbonyl (C=O) groups excluding carboxylic acids is 1. The van der Waals surface area contributed by atoms with Crippen LogP contribution in [0.15, 0.2) is 65.4 Å². The van der Waals surface area contributed by atoms with Crippen molar-refractivity contribution in [1.29, 1.82) is 0 Å². The summed E-state index contributed by atoms with van der Waals surface area (Å²) in [7, 11) is 1.69. The topological polar surface area (TPSA) is 60.0 Å². The van der Waals surface area contributed by atoms with Gasteiger partial charge in [0.2, 0.25) is 0 Å². The summed E-state index contributed by atoms with van der Waals surface area (Å²) in [4.78, 5) is 19.0. The number of aryl methyl sites for hydroxylation is 1. The normalized spacial score (nSPS) is 11.0. The summed E-state index contributed by atoms with van der Waals surface area (Å²) in [6.45, 7) is 2.26. The van der Waals surface area contributed by atoms with Gasteiger partial charge in [0.1, 0.15) is 18.2 Å². The van der Waals surface area contributed by atoms with Gasteiger partial charge in [0.25, 0.3) is 5.91 Å². The zero-order chi connectivity index (χ0) is 20.4. The second-order valence-corrected chi connectivity index (χ2v) is 6.56. The molecule has 0 unspecified atom stereocenters. The van der Waals surface area contributed by atoms with Gasteiger partial charge >= 0.3 is 0 Å². The zero-order valence-electron chi connectivity index (χ0n) is 16.1. The molecule has 29 heavy (non-hydrogen) atoms. The highest BCUT2D eigenvalue weighted by Gasteiger charge is 2.24. The number of hydrogen-bond donors (Lipinski definition) is 0. The second-order valence-electron chi connectivity index (χ2n) is 6.56. The first-order valence-corrected chi connectivity index (χ1v) is 9.27. The lowest BCUT2D eigenvalue weighted by atomic mass is 10.2. The Hall–Kier alpha value is -3.61. The summed E-state index contributed by atoms with van der Waals surface area (Å²) in [5.74, 6) is 0.954. The van der Waals surface area contributed by atoms with Gasteiger partial charge in [0.15, 0.2) is 17.2 Å². The van der Waals surface area contributed by atoms with Crippen LogP contribution in [0, 0.1) is 5.82 Å². The number of furan rings is 1. The van der Waals surface area contributed by atoms with Crippen LogP contribution in [-0.4, -0.2) is 22.3 Å². The predicted octanol–water partition coefficient (Wildman–Crippen LogP) is 4.48. The van der Waals surface area contributed by atoms with E-state index in [1.165, 1.54) is 23.3 Å². The van der Waals surface area contributed by atoms with Gasteiger partial charge in [-0.25, -0.2) is 9.37 Å². The first-order valence-electron chi connectivity index (χ1n) is 9.27. The van der Waals surface area contributed by atoms with Gasteiger partial charge in [0, 0.05) is 13.2 Å². The van der Waals surface area contributed by atoms with Crippen LogP contribution in [0.1, 0.15) is 28.7 Å². The van der Waals surface area contributed by atoms with Gasteiger partial charge in [-0.1, -0.05) is 19.1 Å². The van der Waals surface area contributed by atoms with E-state index in [9.17, 15) is 9.18 Å². The molecular formula is C22H20FN3O3. The van der Waals surface area contributed by atoms with Crippen molar-refractivity contribution in [3.8, 4) is 5.75 Å². The van der Waals surface area contributed by atoms with Crippen LogP contribution >= 0.6 is 0 Å². The van der Waals surface area contributed by atoms with E-state index in [4.69, 9.17) is 14.1 Å². The molecule has 0 spiro atoms. The maximum absolute atomic E-state index is 13.1. The molecule has 0 aliphatic carbocycles. The van der Waals surface area contributed by atoms with Crippen molar-refractivity contribution in [3.63, 3.8) is 0 Å². The smallest absolute Gasteiger partial charge is 0.294 e. The lowest BCUT2D eigenvalue weighted by molar-refractivity contribution is 0.0965. The SMILES string of the molecule is CCc1nc2c(OCc3ccc(F)cc3)cccn2c1N(C)C(=O)c1ccco1. The van der Waals surface area contributed by atoms with Gasteiger partial charge in [-0.2, -0.15) is 0 Å². The Balaban J connectivity index is 1.68. The van der Waals surface area contributed by atoms with Gasteiger partial charge < -0.3 is 9.15 Å². The van der Waals surface area contributed by atoms with Crippen molar-refractivity contribution in [3.05, 3.63) is 83.8 Å². The number of rotatable bonds is 6. The number of hydrogen-bond acceptors (Lipinski definition) is 4. The van der Waals surface area contributed by atoms with Crippen molar-refractivity contribution in [2.75, 3.05) is 11.9 Å². The summed E-state index contributed by atoms with van der Waals surface area (Å²) >= 11 is 0. The van der Waals surface area contributed by atoms with Crippen LogP contribution in [-0.2, 0) is 13.0 Å². The number of ether oxygens (including phenoxy) is 1. The van der Waals surface area contributed by atoms with Crippen LogP contribution in [0.2, 0.25) is 0 Å². The number of halogens is 1. The van der Waals surface area contributed by atoms with E-state index in [1.807, 2.05) is 29.7 Å². The summed E-state index contributed by atoms with van der Waals surface area (Å²) in [5, 5.41) is 0. The van der Waals surface area contributed by atoms with E-state index >= 15 is 0 Å². The molecule has 7 heteroatoms. The molecule has 3 heterocycles. The molecule has 0 saturated heterocycles. The predicted molar refractivity (Wildman–Crippen MR) is 107 cm³/mol. The van der Waals surface area contributed by atoms with Crippen molar-refractivity contribution >= 4 is 17.4 Å². The minimum absolute atomic E-state index is 0.258. The number of fused-ring (bicyclic) bond motifs is 1. The minimum atomic E-state index is -0.286. The van der Waals surface area contributed by atoms with Crippen molar-refractivity contribution in [1.82, 2.24) is 9.38 Å². The molecule has 0 saturated carbocycles. The Labute approximate surface area is 167 Å². The molecule has 1 amide bonds. The van der Waals surface area contributed by atoms with Crippen molar-refractivity contribution in [2.45, 2.75) is 20.0 Å².